The zero-order chi connectivity index (χ0) is 25.8. The maximum absolute atomic E-state index is 13.5. The van der Waals surface area contributed by atoms with Crippen LogP contribution in [0.15, 0.2) is 73.1 Å². The zero-order valence-corrected chi connectivity index (χ0v) is 19.6. The summed E-state index contributed by atoms with van der Waals surface area (Å²) in [5.41, 5.74) is 1.05. The number of nitrogens with one attached hydrogen (secondary N) is 2. The van der Waals surface area contributed by atoms with Crippen LogP contribution in [0.5, 0.6) is 5.75 Å². The molecule has 0 unspecified atom stereocenters. The van der Waals surface area contributed by atoms with Gasteiger partial charge in [0.25, 0.3) is 5.91 Å². The van der Waals surface area contributed by atoms with Crippen LogP contribution in [-0.2, 0) is 17.5 Å². The predicted molar refractivity (Wildman–Crippen MR) is 133 cm³/mol. The summed E-state index contributed by atoms with van der Waals surface area (Å²) in [5, 5.41) is 6.68. The molecule has 1 aliphatic rings. The van der Waals surface area contributed by atoms with Crippen LogP contribution in [0.2, 0.25) is 0 Å². The number of ether oxygens (including phenoxy) is 2. The number of carbonyl (C=O) groups is 1. The average Bonchev–Trinajstić information content (AvgIpc) is 3.40. The Morgan fingerprint density at radius 3 is 2.70 bits per heavy atom. The number of rotatable bonds is 7. The van der Waals surface area contributed by atoms with E-state index in [9.17, 15) is 18.0 Å². The molecule has 0 radical (unpaired) electrons. The van der Waals surface area contributed by atoms with E-state index in [2.05, 4.69) is 20.6 Å². The van der Waals surface area contributed by atoms with Crippen molar-refractivity contribution in [2.45, 2.75) is 25.2 Å². The maximum Gasteiger partial charge on any atom is 0.416 e. The van der Waals surface area contributed by atoms with E-state index >= 15 is 0 Å². The van der Waals surface area contributed by atoms with Crippen molar-refractivity contribution in [1.82, 2.24) is 9.97 Å². The Bertz CT molecular complexity index is 1420. The van der Waals surface area contributed by atoms with E-state index in [1.165, 1.54) is 12.3 Å². The van der Waals surface area contributed by atoms with Gasteiger partial charge >= 0.3 is 6.18 Å². The molecule has 2 aromatic heterocycles. The first kappa shape index (κ1) is 24.5. The molecule has 0 bridgehead atoms. The first-order chi connectivity index (χ1) is 17.8. The number of amides is 1. The molecule has 0 spiro atoms. The lowest BCUT2D eigenvalue weighted by Gasteiger charge is -2.17. The van der Waals surface area contributed by atoms with Crippen LogP contribution in [0.4, 0.5) is 24.7 Å². The van der Waals surface area contributed by atoms with Crippen molar-refractivity contribution < 1.29 is 27.4 Å². The van der Waals surface area contributed by atoms with Gasteiger partial charge in [0.05, 0.1) is 29.9 Å². The van der Waals surface area contributed by atoms with Gasteiger partial charge in [-0.25, -0.2) is 4.98 Å². The molecule has 5 rings (SSSR count). The number of anilines is 2. The number of hydrogen-bond acceptors (Lipinski definition) is 6. The minimum atomic E-state index is -4.61. The Morgan fingerprint density at radius 2 is 1.89 bits per heavy atom. The number of pyridine rings is 2. The van der Waals surface area contributed by atoms with Crippen molar-refractivity contribution in [2.75, 3.05) is 23.8 Å². The predicted octanol–water partition coefficient (Wildman–Crippen LogP) is 5.68. The third-order valence-corrected chi connectivity index (χ3v) is 5.86. The van der Waals surface area contributed by atoms with Crippen LogP contribution in [0, 0.1) is 0 Å². The summed E-state index contributed by atoms with van der Waals surface area (Å²) in [4.78, 5) is 21.7. The van der Waals surface area contributed by atoms with Gasteiger partial charge in [0.15, 0.2) is 0 Å². The second kappa shape index (κ2) is 10.4. The number of hydrogen-bond donors (Lipinski definition) is 2. The lowest BCUT2D eigenvalue weighted by atomic mass is 10.1. The van der Waals surface area contributed by atoms with Crippen molar-refractivity contribution in [2.24, 2.45) is 0 Å². The summed E-state index contributed by atoms with van der Waals surface area (Å²) in [6.07, 6.45) is -1.12. The van der Waals surface area contributed by atoms with Crippen molar-refractivity contribution in [3.8, 4) is 5.75 Å². The molecule has 0 aliphatic carbocycles. The molecule has 3 heterocycles. The van der Waals surface area contributed by atoms with Gasteiger partial charge in [-0.15, -0.1) is 0 Å². The van der Waals surface area contributed by atoms with E-state index in [0.717, 1.165) is 28.6 Å². The van der Waals surface area contributed by atoms with E-state index in [1.54, 1.807) is 18.3 Å². The fourth-order valence-electron chi connectivity index (χ4n) is 4.05. The van der Waals surface area contributed by atoms with Crippen molar-refractivity contribution in [3.05, 3.63) is 89.7 Å². The smallest absolute Gasteiger partial charge is 0.416 e. The molecular formula is C27H23F3N4O3. The highest BCUT2D eigenvalue weighted by atomic mass is 19.4. The average molecular weight is 509 g/mol. The summed E-state index contributed by atoms with van der Waals surface area (Å²) in [5.74, 6) is -0.290. The van der Waals surface area contributed by atoms with Gasteiger partial charge in [-0.05, 0) is 48.0 Å². The summed E-state index contributed by atoms with van der Waals surface area (Å²) in [6, 6.07) is 15.9. The number of benzene rings is 2. The van der Waals surface area contributed by atoms with Crippen LogP contribution >= 0.6 is 0 Å². The van der Waals surface area contributed by atoms with E-state index in [-0.39, 0.29) is 23.1 Å². The molecule has 1 saturated heterocycles. The first-order valence-corrected chi connectivity index (χ1v) is 11.7. The third-order valence-electron chi connectivity index (χ3n) is 5.86. The Hall–Kier alpha value is -4.18. The van der Waals surface area contributed by atoms with Crippen molar-refractivity contribution >= 4 is 28.3 Å². The fourth-order valence-corrected chi connectivity index (χ4v) is 4.05. The molecule has 2 aromatic carbocycles. The molecular weight excluding hydrogens is 485 g/mol. The Kier molecular flexibility index (Phi) is 6.91. The maximum atomic E-state index is 13.5. The van der Waals surface area contributed by atoms with Crippen LogP contribution < -0.4 is 15.4 Å². The van der Waals surface area contributed by atoms with E-state index < -0.39 is 17.6 Å². The molecule has 37 heavy (non-hydrogen) atoms. The lowest BCUT2D eigenvalue weighted by Crippen LogP contribution is -2.18. The first-order valence-electron chi connectivity index (χ1n) is 11.7. The van der Waals surface area contributed by atoms with E-state index in [4.69, 9.17) is 9.47 Å². The summed E-state index contributed by atoms with van der Waals surface area (Å²) in [7, 11) is 0. The second-order valence-corrected chi connectivity index (χ2v) is 8.58. The van der Waals surface area contributed by atoms with Crippen LogP contribution in [0.3, 0.4) is 0 Å². The molecule has 2 N–H and O–H groups in total. The molecule has 4 aromatic rings. The Morgan fingerprint density at radius 1 is 1.05 bits per heavy atom. The highest BCUT2D eigenvalue weighted by Crippen LogP contribution is 2.35. The zero-order valence-electron chi connectivity index (χ0n) is 19.6. The molecule has 1 amide bonds. The van der Waals surface area contributed by atoms with Crippen molar-refractivity contribution in [1.29, 1.82) is 0 Å². The third kappa shape index (κ3) is 5.97. The molecule has 1 aliphatic heterocycles. The number of fused-ring (bicyclic) bond motifs is 1. The number of carbonyl (C=O) groups excluding carboxylic acids is 1. The lowest BCUT2D eigenvalue weighted by molar-refractivity contribution is -0.137. The molecule has 1 fully saturated rings. The van der Waals surface area contributed by atoms with Crippen LogP contribution in [0.1, 0.15) is 27.9 Å². The Balaban J connectivity index is 1.34. The highest BCUT2D eigenvalue weighted by Gasteiger charge is 2.32. The molecule has 0 saturated carbocycles. The number of alkyl halides is 3. The second-order valence-electron chi connectivity index (χ2n) is 8.58. The topological polar surface area (TPSA) is 85.4 Å². The minimum absolute atomic E-state index is 0.0101. The standard InChI is InChI=1S/C27H23F3N4O3/c28-27(29,30)19-12-20(14-22(13-19)37-21-7-10-36-16-21)34-26(35)23-4-2-9-32-25(23)33-15-17-5-6-24-18(11-17)3-1-8-31-24/h1-6,8-9,11-14,21H,7,10,15-16H2,(H,32,33)(H,34,35)/t21-/m1/s1. The SMILES string of the molecule is O=C(Nc1cc(O[C@@H]2CCOC2)cc(C(F)(F)F)c1)c1cccnc1NCc1ccc2ncccc2c1. The van der Waals surface area contributed by atoms with Gasteiger partial charge in [-0.2, -0.15) is 13.2 Å². The van der Waals surface area contributed by atoms with Gasteiger partial charge in [0.2, 0.25) is 0 Å². The number of aromatic nitrogens is 2. The van der Waals surface area contributed by atoms with Gasteiger partial charge in [-0.1, -0.05) is 12.1 Å². The normalized spacial score (nSPS) is 15.5. The highest BCUT2D eigenvalue weighted by molar-refractivity contribution is 6.07. The van der Waals surface area contributed by atoms with Gasteiger partial charge < -0.3 is 20.1 Å². The number of nitrogens with zero attached hydrogens (tertiary/aromatic N) is 2. The largest absolute Gasteiger partial charge is 0.488 e. The summed E-state index contributed by atoms with van der Waals surface area (Å²) >= 11 is 0. The van der Waals surface area contributed by atoms with Crippen LogP contribution in [0.25, 0.3) is 10.9 Å². The van der Waals surface area contributed by atoms with Gasteiger partial charge in [0.1, 0.15) is 17.7 Å². The molecule has 10 heteroatoms. The quantitative estimate of drug-likeness (QED) is 0.334. The van der Waals surface area contributed by atoms with Gasteiger partial charge in [-0.3, -0.25) is 9.78 Å². The van der Waals surface area contributed by atoms with Crippen LogP contribution in [-0.4, -0.2) is 35.2 Å². The summed E-state index contributed by atoms with van der Waals surface area (Å²) in [6.45, 7) is 1.17. The van der Waals surface area contributed by atoms with Crippen molar-refractivity contribution in [3.63, 3.8) is 0 Å². The minimum Gasteiger partial charge on any atom is -0.488 e. The monoisotopic (exact) mass is 508 g/mol. The molecule has 7 nitrogen and oxygen atoms in total. The summed E-state index contributed by atoms with van der Waals surface area (Å²) < 4.78 is 51.5. The van der Waals surface area contributed by atoms with E-state index in [0.29, 0.717) is 32.0 Å². The fraction of sp³-hybridized carbons (Fsp3) is 0.222. The van der Waals surface area contributed by atoms with Gasteiger partial charge in [0, 0.05) is 42.5 Å². The molecule has 190 valence electrons. The van der Waals surface area contributed by atoms with E-state index in [1.807, 2.05) is 30.3 Å². The molecule has 1 atom stereocenters. The number of halogens is 3. The Labute approximate surface area is 210 Å².